The molecular formula is C19H12ClN3O3S. The summed E-state index contributed by atoms with van der Waals surface area (Å²) in [7, 11) is 0. The SMILES string of the molecule is Cc1csc(NC(=O)c2ccc3c(c2)C(=O)N(c2ccc(Cl)cc2)C3=O)n1. The van der Waals surface area contributed by atoms with E-state index in [9.17, 15) is 14.4 Å². The second kappa shape index (κ2) is 6.61. The first-order valence-electron chi connectivity index (χ1n) is 7.96. The molecule has 3 aromatic rings. The summed E-state index contributed by atoms with van der Waals surface area (Å²) in [5, 5.41) is 5.49. The van der Waals surface area contributed by atoms with Crippen molar-refractivity contribution in [2.24, 2.45) is 0 Å². The third kappa shape index (κ3) is 3.11. The first-order valence-corrected chi connectivity index (χ1v) is 9.21. The van der Waals surface area contributed by atoms with Crippen LogP contribution in [0, 0.1) is 6.92 Å². The van der Waals surface area contributed by atoms with Crippen LogP contribution in [-0.2, 0) is 0 Å². The van der Waals surface area contributed by atoms with E-state index < -0.39 is 17.7 Å². The first kappa shape index (κ1) is 17.4. The minimum Gasteiger partial charge on any atom is -0.298 e. The average molecular weight is 398 g/mol. The predicted octanol–water partition coefficient (Wildman–Crippen LogP) is 4.16. The number of rotatable bonds is 3. The number of carbonyl (C=O) groups excluding carboxylic acids is 3. The van der Waals surface area contributed by atoms with Gasteiger partial charge in [0.1, 0.15) is 0 Å². The molecule has 0 unspecified atom stereocenters. The zero-order valence-electron chi connectivity index (χ0n) is 14.0. The van der Waals surface area contributed by atoms with Gasteiger partial charge in [0.05, 0.1) is 22.5 Å². The molecule has 0 fully saturated rings. The number of amides is 3. The van der Waals surface area contributed by atoms with Crippen molar-refractivity contribution >= 4 is 51.5 Å². The molecule has 1 aromatic heterocycles. The van der Waals surface area contributed by atoms with Gasteiger partial charge in [-0.1, -0.05) is 11.6 Å². The van der Waals surface area contributed by atoms with Crippen molar-refractivity contribution in [1.82, 2.24) is 4.98 Å². The minimum atomic E-state index is -0.475. The third-order valence-electron chi connectivity index (χ3n) is 4.07. The van der Waals surface area contributed by atoms with Crippen LogP contribution in [0.5, 0.6) is 0 Å². The van der Waals surface area contributed by atoms with E-state index in [4.69, 9.17) is 11.6 Å². The lowest BCUT2D eigenvalue weighted by atomic mass is 10.1. The van der Waals surface area contributed by atoms with Gasteiger partial charge >= 0.3 is 0 Å². The molecule has 0 spiro atoms. The lowest BCUT2D eigenvalue weighted by molar-refractivity contribution is 0.0925. The number of fused-ring (bicyclic) bond motifs is 1. The maximum Gasteiger partial charge on any atom is 0.266 e. The molecule has 0 saturated heterocycles. The van der Waals surface area contributed by atoms with Crippen molar-refractivity contribution in [2.45, 2.75) is 6.92 Å². The van der Waals surface area contributed by atoms with Gasteiger partial charge in [0.25, 0.3) is 17.7 Å². The summed E-state index contributed by atoms with van der Waals surface area (Å²) in [6, 6.07) is 10.9. The molecule has 2 heterocycles. The molecule has 3 amide bonds. The number of aryl methyl sites for hydroxylation is 1. The Morgan fingerprint density at radius 3 is 2.44 bits per heavy atom. The second-order valence-electron chi connectivity index (χ2n) is 5.93. The Morgan fingerprint density at radius 2 is 1.78 bits per heavy atom. The highest BCUT2D eigenvalue weighted by atomic mass is 35.5. The van der Waals surface area contributed by atoms with Gasteiger partial charge in [-0.2, -0.15) is 0 Å². The normalized spacial score (nSPS) is 13.0. The molecule has 0 saturated carbocycles. The van der Waals surface area contributed by atoms with Gasteiger partial charge in [0, 0.05) is 16.0 Å². The number of anilines is 2. The number of nitrogens with one attached hydrogen (secondary N) is 1. The molecule has 0 atom stereocenters. The lowest BCUT2D eigenvalue weighted by Crippen LogP contribution is -2.29. The number of thiazole rings is 1. The van der Waals surface area contributed by atoms with Crippen molar-refractivity contribution in [3.63, 3.8) is 0 Å². The minimum absolute atomic E-state index is 0.193. The van der Waals surface area contributed by atoms with E-state index in [0.717, 1.165) is 10.6 Å². The molecule has 27 heavy (non-hydrogen) atoms. The summed E-state index contributed by atoms with van der Waals surface area (Å²) in [6.45, 7) is 1.83. The highest BCUT2D eigenvalue weighted by Gasteiger charge is 2.37. The molecule has 4 rings (SSSR count). The topological polar surface area (TPSA) is 79.4 Å². The number of carbonyl (C=O) groups is 3. The maximum atomic E-state index is 12.8. The average Bonchev–Trinajstić information content (AvgIpc) is 3.17. The van der Waals surface area contributed by atoms with Gasteiger partial charge < -0.3 is 0 Å². The van der Waals surface area contributed by atoms with Crippen molar-refractivity contribution in [1.29, 1.82) is 0 Å². The fraction of sp³-hybridized carbons (Fsp3) is 0.0526. The van der Waals surface area contributed by atoms with Crippen molar-refractivity contribution in [2.75, 3.05) is 10.2 Å². The molecule has 0 aliphatic carbocycles. The van der Waals surface area contributed by atoms with E-state index in [0.29, 0.717) is 15.8 Å². The molecule has 8 heteroatoms. The van der Waals surface area contributed by atoms with E-state index in [-0.39, 0.29) is 16.7 Å². The molecule has 1 aliphatic heterocycles. The number of nitrogens with zero attached hydrogens (tertiary/aromatic N) is 2. The highest BCUT2D eigenvalue weighted by Crippen LogP contribution is 2.30. The second-order valence-corrected chi connectivity index (χ2v) is 7.23. The molecular weight excluding hydrogens is 386 g/mol. The van der Waals surface area contributed by atoms with Crippen LogP contribution in [0.4, 0.5) is 10.8 Å². The zero-order valence-corrected chi connectivity index (χ0v) is 15.6. The number of aromatic nitrogens is 1. The van der Waals surface area contributed by atoms with Crippen molar-refractivity contribution in [3.05, 3.63) is 75.3 Å². The summed E-state index contributed by atoms with van der Waals surface area (Å²) in [4.78, 5) is 43.1. The Bertz CT molecular complexity index is 1090. The third-order valence-corrected chi connectivity index (χ3v) is 5.20. The molecule has 134 valence electrons. The van der Waals surface area contributed by atoms with Crippen LogP contribution in [-0.4, -0.2) is 22.7 Å². The summed E-state index contributed by atoms with van der Waals surface area (Å²) >= 11 is 7.18. The van der Waals surface area contributed by atoms with Gasteiger partial charge in [-0.05, 0) is 49.4 Å². The standard InChI is InChI=1S/C19H12ClN3O3S/c1-10-9-27-19(21-10)22-16(24)11-2-7-14-15(8-11)18(26)23(17(14)25)13-5-3-12(20)4-6-13/h2-9H,1H3,(H,21,22,24). The van der Waals surface area contributed by atoms with Crippen LogP contribution >= 0.6 is 22.9 Å². The van der Waals surface area contributed by atoms with Crippen LogP contribution in [0.1, 0.15) is 36.8 Å². The molecule has 1 N–H and O–H groups in total. The fourth-order valence-corrected chi connectivity index (χ4v) is 3.60. The molecule has 1 aliphatic rings. The van der Waals surface area contributed by atoms with Crippen molar-refractivity contribution in [3.8, 4) is 0 Å². The van der Waals surface area contributed by atoms with Gasteiger partial charge in [-0.15, -0.1) is 11.3 Å². The highest BCUT2D eigenvalue weighted by molar-refractivity contribution is 7.13. The van der Waals surface area contributed by atoms with Crippen LogP contribution < -0.4 is 10.2 Å². The number of halogens is 1. The number of hydrogen-bond donors (Lipinski definition) is 1. The van der Waals surface area contributed by atoms with Crippen molar-refractivity contribution < 1.29 is 14.4 Å². The number of imide groups is 1. The van der Waals surface area contributed by atoms with E-state index in [1.807, 2.05) is 12.3 Å². The van der Waals surface area contributed by atoms with Gasteiger partial charge in [0.2, 0.25) is 0 Å². The van der Waals surface area contributed by atoms with E-state index >= 15 is 0 Å². The number of hydrogen-bond acceptors (Lipinski definition) is 5. The molecule has 0 bridgehead atoms. The Hall–Kier alpha value is -3.03. The Labute approximate surface area is 163 Å². The smallest absolute Gasteiger partial charge is 0.266 e. The molecule has 2 aromatic carbocycles. The van der Waals surface area contributed by atoms with E-state index in [1.165, 1.54) is 29.5 Å². The fourth-order valence-electron chi connectivity index (χ4n) is 2.79. The zero-order chi connectivity index (χ0) is 19.1. The van der Waals surface area contributed by atoms with Gasteiger partial charge in [-0.25, -0.2) is 9.88 Å². The van der Waals surface area contributed by atoms with Crippen LogP contribution in [0.15, 0.2) is 47.8 Å². The van der Waals surface area contributed by atoms with Gasteiger partial charge in [-0.3, -0.25) is 19.7 Å². The van der Waals surface area contributed by atoms with E-state index in [1.54, 1.807) is 24.3 Å². The van der Waals surface area contributed by atoms with Crippen LogP contribution in [0.2, 0.25) is 5.02 Å². The summed E-state index contributed by atoms with van der Waals surface area (Å²) in [5.41, 5.74) is 1.97. The lowest BCUT2D eigenvalue weighted by Gasteiger charge is -2.13. The van der Waals surface area contributed by atoms with E-state index in [2.05, 4.69) is 10.3 Å². The first-order chi connectivity index (χ1) is 12.9. The van der Waals surface area contributed by atoms with Crippen LogP contribution in [0.25, 0.3) is 0 Å². The molecule has 0 radical (unpaired) electrons. The summed E-state index contributed by atoms with van der Waals surface area (Å²) in [6.07, 6.45) is 0. The summed E-state index contributed by atoms with van der Waals surface area (Å²) in [5.74, 6) is -1.30. The Balaban J connectivity index is 1.64. The number of benzene rings is 2. The van der Waals surface area contributed by atoms with Crippen LogP contribution in [0.3, 0.4) is 0 Å². The monoisotopic (exact) mass is 397 g/mol. The Kier molecular flexibility index (Phi) is 4.25. The predicted molar refractivity (Wildman–Crippen MR) is 104 cm³/mol. The van der Waals surface area contributed by atoms with Gasteiger partial charge in [0.15, 0.2) is 5.13 Å². The molecule has 6 nitrogen and oxygen atoms in total. The quantitative estimate of drug-likeness (QED) is 0.673. The maximum absolute atomic E-state index is 12.8. The summed E-state index contributed by atoms with van der Waals surface area (Å²) < 4.78 is 0. The largest absolute Gasteiger partial charge is 0.298 e. The Morgan fingerprint density at radius 1 is 1.07 bits per heavy atom.